The van der Waals surface area contributed by atoms with Gasteiger partial charge in [0.2, 0.25) is 5.91 Å². The molecule has 0 spiro atoms. The zero-order chi connectivity index (χ0) is 22.9. The van der Waals surface area contributed by atoms with Crippen molar-refractivity contribution >= 4 is 45.2 Å². The van der Waals surface area contributed by atoms with Crippen LogP contribution in [0.25, 0.3) is 28.0 Å². The molecule has 3 aromatic heterocycles. The quantitative estimate of drug-likeness (QED) is 0.358. The third-order valence-corrected chi connectivity index (χ3v) is 6.90. The standard InChI is InChI=1S/C23H20N6O2S2/c1-14-20(21(31)29(28(14)2)15-8-4-3-5-9-15)18-12-32-23(26-18)27-19(30)13-33-22-24-16-10-6-7-11-17(16)25-22/h3-12H,13H2,1-2H3,(H,24,25)(H,26,27,30). The number of carbonyl (C=O) groups is 1. The Morgan fingerprint density at radius 3 is 2.67 bits per heavy atom. The average molecular weight is 477 g/mol. The van der Waals surface area contributed by atoms with E-state index >= 15 is 0 Å². The molecule has 0 saturated carbocycles. The van der Waals surface area contributed by atoms with Gasteiger partial charge < -0.3 is 10.3 Å². The summed E-state index contributed by atoms with van der Waals surface area (Å²) in [5, 5.41) is 5.75. The number of thioether (sulfide) groups is 1. The fourth-order valence-electron chi connectivity index (χ4n) is 3.60. The number of carbonyl (C=O) groups excluding carboxylic acids is 1. The van der Waals surface area contributed by atoms with Crippen LogP contribution in [0.3, 0.4) is 0 Å². The predicted molar refractivity (Wildman–Crippen MR) is 132 cm³/mol. The molecule has 0 atom stereocenters. The first-order valence-electron chi connectivity index (χ1n) is 10.2. The van der Waals surface area contributed by atoms with Gasteiger partial charge in [0.05, 0.1) is 33.7 Å². The lowest BCUT2D eigenvalue weighted by Gasteiger charge is -2.07. The van der Waals surface area contributed by atoms with Gasteiger partial charge in [-0.2, -0.15) is 0 Å². The molecule has 0 radical (unpaired) electrons. The summed E-state index contributed by atoms with van der Waals surface area (Å²) in [7, 11) is 1.84. The fourth-order valence-corrected chi connectivity index (χ4v) is 5.00. The summed E-state index contributed by atoms with van der Waals surface area (Å²) in [5.74, 6) is 0.00717. The zero-order valence-corrected chi connectivity index (χ0v) is 19.5. The van der Waals surface area contributed by atoms with Gasteiger partial charge in [-0.25, -0.2) is 14.6 Å². The molecule has 0 aliphatic rings. The largest absolute Gasteiger partial charge is 0.333 e. The van der Waals surface area contributed by atoms with Crippen LogP contribution in [0.2, 0.25) is 0 Å². The number of nitrogens with zero attached hydrogens (tertiary/aromatic N) is 4. The average Bonchev–Trinajstić information content (AvgIpc) is 3.50. The number of imidazole rings is 1. The number of amides is 1. The molecule has 0 unspecified atom stereocenters. The van der Waals surface area contributed by atoms with Crippen LogP contribution in [0.15, 0.2) is 69.9 Å². The lowest BCUT2D eigenvalue weighted by atomic mass is 10.2. The van der Waals surface area contributed by atoms with Crippen molar-refractivity contribution in [1.29, 1.82) is 0 Å². The van der Waals surface area contributed by atoms with Crippen molar-refractivity contribution < 1.29 is 4.79 Å². The number of rotatable bonds is 6. The molecule has 10 heteroatoms. The van der Waals surface area contributed by atoms with Gasteiger partial charge in [0.1, 0.15) is 0 Å². The lowest BCUT2D eigenvalue weighted by Crippen LogP contribution is -2.20. The van der Waals surface area contributed by atoms with E-state index in [-0.39, 0.29) is 17.2 Å². The van der Waals surface area contributed by atoms with Gasteiger partial charge in [0.25, 0.3) is 5.56 Å². The normalized spacial score (nSPS) is 11.2. The van der Waals surface area contributed by atoms with Crippen LogP contribution in [0.4, 0.5) is 5.13 Å². The molecular weight excluding hydrogens is 456 g/mol. The number of anilines is 1. The summed E-state index contributed by atoms with van der Waals surface area (Å²) in [4.78, 5) is 37.8. The Hall–Kier alpha value is -3.63. The second kappa shape index (κ2) is 8.72. The number of aromatic amines is 1. The molecule has 0 aliphatic carbocycles. The summed E-state index contributed by atoms with van der Waals surface area (Å²) in [5.41, 5.74) is 4.31. The van der Waals surface area contributed by atoms with Crippen molar-refractivity contribution in [2.24, 2.45) is 7.05 Å². The number of nitrogens with one attached hydrogen (secondary N) is 2. The van der Waals surface area contributed by atoms with Crippen molar-refractivity contribution in [3.05, 3.63) is 76.0 Å². The van der Waals surface area contributed by atoms with Crippen molar-refractivity contribution in [2.45, 2.75) is 12.1 Å². The zero-order valence-electron chi connectivity index (χ0n) is 17.9. The van der Waals surface area contributed by atoms with E-state index < -0.39 is 0 Å². The van der Waals surface area contributed by atoms with Crippen LogP contribution in [-0.2, 0) is 11.8 Å². The Labute approximate surface area is 197 Å². The van der Waals surface area contributed by atoms with Gasteiger partial charge >= 0.3 is 0 Å². The van der Waals surface area contributed by atoms with E-state index in [0.717, 1.165) is 22.4 Å². The maximum Gasteiger partial charge on any atom is 0.281 e. The van der Waals surface area contributed by atoms with Gasteiger partial charge in [-0.05, 0) is 31.2 Å². The topological polar surface area (TPSA) is 97.6 Å². The van der Waals surface area contributed by atoms with Crippen molar-refractivity contribution in [3.8, 4) is 16.9 Å². The Morgan fingerprint density at radius 2 is 1.88 bits per heavy atom. The number of H-pyrrole nitrogens is 1. The van der Waals surface area contributed by atoms with Crippen LogP contribution in [0, 0.1) is 6.92 Å². The third-order valence-electron chi connectivity index (χ3n) is 5.27. The summed E-state index contributed by atoms with van der Waals surface area (Å²) in [6.45, 7) is 1.89. The van der Waals surface area contributed by atoms with Crippen molar-refractivity contribution in [3.63, 3.8) is 0 Å². The number of hydrogen-bond acceptors (Lipinski definition) is 6. The molecule has 0 saturated heterocycles. The smallest absolute Gasteiger partial charge is 0.281 e. The molecule has 5 rings (SSSR count). The molecule has 166 valence electrons. The predicted octanol–water partition coefficient (Wildman–Crippen LogP) is 4.22. The monoisotopic (exact) mass is 476 g/mol. The van der Waals surface area contributed by atoms with E-state index in [1.54, 1.807) is 10.1 Å². The molecule has 2 N–H and O–H groups in total. The summed E-state index contributed by atoms with van der Waals surface area (Å²) < 4.78 is 3.43. The van der Waals surface area contributed by atoms with Crippen LogP contribution in [0.1, 0.15) is 5.69 Å². The van der Waals surface area contributed by atoms with E-state index in [9.17, 15) is 9.59 Å². The minimum atomic E-state index is -0.187. The van der Waals surface area contributed by atoms with Crippen LogP contribution in [-0.4, -0.2) is 36.0 Å². The highest BCUT2D eigenvalue weighted by Crippen LogP contribution is 2.26. The van der Waals surface area contributed by atoms with Crippen molar-refractivity contribution in [1.82, 2.24) is 24.3 Å². The van der Waals surface area contributed by atoms with Crippen LogP contribution < -0.4 is 10.9 Å². The Morgan fingerprint density at radius 1 is 1.12 bits per heavy atom. The molecule has 1 amide bonds. The minimum absolute atomic E-state index is 0.148. The van der Waals surface area contributed by atoms with E-state index in [2.05, 4.69) is 20.3 Å². The molecule has 0 bridgehead atoms. The number of aromatic nitrogens is 5. The number of para-hydroxylation sites is 3. The number of hydrogen-bond donors (Lipinski definition) is 2. The molecule has 8 nitrogen and oxygen atoms in total. The number of thiazole rings is 1. The highest BCUT2D eigenvalue weighted by atomic mass is 32.2. The van der Waals surface area contributed by atoms with Gasteiger partial charge in [0, 0.05) is 18.1 Å². The van der Waals surface area contributed by atoms with Gasteiger partial charge in [-0.3, -0.25) is 14.3 Å². The molecule has 0 aliphatic heterocycles. The molecule has 3 heterocycles. The summed E-state index contributed by atoms with van der Waals surface area (Å²) in [6, 6.07) is 17.2. The third kappa shape index (κ3) is 4.10. The molecule has 5 aromatic rings. The Kier molecular flexibility index (Phi) is 5.61. The summed E-state index contributed by atoms with van der Waals surface area (Å²) in [6.07, 6.45) is 0. The SMILES string of the molecule is Cc1c(-c2csc(NC(=O)CSc3nc4ccccc4[nH]3)n2)c(=O)n(-c2ccccc2)n1C. The lowest BCUT2D eigenvalue weighted by molar-refractivity contribution is -0.113. The molecule has 2 aromatic carbocycles. The molecule has 33 heavy (non-hydrogen) atoms. The molecule has 0 fully saturated rings. The first kappa shape index (κ1) is 21.2. The maximum atomic E-state index is 13.2. The minimum Gasteiger partial charge on any atom is -0.333 e. The van der Waals surface area contributed by atoms with E-state index in [1.807, 2.05) is 73.3 Å². The van der Waals surface area contributed by atoms with Gasteiger partial charge in [-0.1, -0.05) is 42.1 Å². The highest BCUT2D eigenvalue weighted by molar-refractivity contribution is 7.99. The number of benzene rings is 2. The maximum absolute atomic E-state index is 13.2. The second-order valence-electron chi connectivity index (χ2n) is 7.37. The molecular formula is C23H20N6O2S2. The second-order valence-corrected chi connectivity index (χ2v) is 9.19. The highest BCUT2D eigenvalue weighted by Gasteiger charge is 2.20. The van der Waals surface area contributed by atoms with E-state index in [4.69, 9.17) is 0 Å². The summed E-state index contributed by atoms with van der Waals surface area (Å²) >= 11 is 2.62. The van der Waals surface area contributed by atoms with Gasteiger partial charge in [0.15, 0.2) is 10.3 Å². The Bertz CT molecular complexity index is 1480. The Balaban J connectivity index is 1.31. The van der Waals surface area contributed by atoms with Crippen LogP contribution in [0.5, 0.6) is 0 Å². The van der Waals surface area contributed by atoms with E-state index in [0.29, 0.717) is 21.5 Å². The van der Waals surface area contributed by atoms with E-state index in [1.165, 1.54) is 23.1 Å². The number of fused-ring (bicyclic) bond motifs is 1. The first-order chi connectivity index (χ1) is 16.0. The van der Waals surface area contributed by atoms with Crippen LogP contribution >= 0.6 is 23.1 Å². The van der Waals surface area contributed by atoms with Crippen molar-refractivity contribution in [2.75, 3.05) is 11.1 Å². The van der Waals surface area contributed by atoms with Gasteiger partial charge in [-0.15, -0.1) is 11.3 Å². The first-order valence-corrected chi connectivity index (χ1v) is 12.0. The fraction of sp³-hybridized carbons (Fsp3) is 0.130.